The number of aryl methyl sites for hydroxylation is 2. The number of hydrogen-bond acceptors (Lipinski definition) is 7. The maximum atomic E-state index is 13.4. The third-order valence-corrected chi connectivity index (χ3v) is 7.20. The molecule has 2 aliphatic rings. The van der Waals surface area contributed by atoms with Gasteiger partial charge in [-0.05, 0) is 42.0 Å². The van der Waals surface area contributed by atoms with Gasteiger partial charge in [-0.1, -0.05) is 18.2 Å². The van der Waals surface area contributed by atoms with Gasteiger partial charge in [0.1, 0.15) is 11.5 Å². The van der Waals surface area contributed by atoms with Crippen LogP contribution in [0, 0.1) is 0 Å². The first-order valence-corrected chi connectivity index (χ1v) is 12.0. The Morgan fingerprint density at radius 2 is 1.71 bits per heavy atom. The molecule has 0 amide bonds. The molecule has 0 spiro atoms. The van der Waals surface area contributed by atoms with E-state index >= 15 is 0 Å². The minimum absolute atomic E-state index is 0.0655. The molecule has 1 aromatic heterocycles. The molecular weight excluding hydrogens is 488 g/mol. The van der Waals surface area contributed by atoms with E-state index in [0.29, 0.717) is 39.7 Å². The molecule has 0 fully saturated rings. The minimum atomic E-state index is -0.431. The van der Waals surface area contributed by atoms with Gasteiger partial charge in [-0.25, -0.2) is 4.79 Å². The zero-order chi connectivity index (χ0) is 26.7. The average molecular weight is 513 g/mol. The third-order valence-electron chi connectivity index (χ3n) is 7.20. The number of rotatable bonds is 4. The standard InChI is InChI=1S/C29H24N2O7/c1-30-19-10-8-15(12-20(19)31(2)29(30)34)18-14-24(32)37-21-11-9-17-26(33)23(38-28(17)25(18)21)13-16-6-5-7-22(35-3)27(16)36-4/h5-13,18H,14H2,1-4H3. The maximum absolute atomic E-state index is 13.4. The quantitative estimate of drug-likeness (QED) is 0.232. The molecule has 0 saturated carbocycles. The number of aromatic nitrogens is 2. The van der Waals surface area contributed by atoms with Crippen LogP contribution >= 0.6 is 0 Å². The van der Waals surface area contributed by atoms with Gasteiger partial charge in [0.15, 0.2) is 17.3 Å². The summed E-state index contributed by atoms with van der Waals surface area (Å²) in [6, 6.07) is 14.3. The SMILES string of the molecule is COc1cccc(C=C2Oc3c(ccc4c3C(c3ccc5c(c3)n(C)c(=O)n5C)CC(=O)O4)C2=O)c1OC. The van der Waals surface area contributed by atoms with E-state index in [-0.39, 0.29) is 29.6 Å². The lowest BCUT2D eigenvalue weighted by atomic mass is 9.84. The monoisotopic (exact) mass is 512 g/mol. The molecule has 0 aliphatic carbocycles. The molecule has 38 heavy (non-hydrogen) atoms. The number of allylic oxidation sites excluding steroid dienone is 1. The summed E-state index contributed by atoms with van der Waals surface area (Å²) in [5.41, 5.74) is 3.82. The second-order valence-electron chi connectivity index (χ2n) is 9.26. The van der Waals surface area contributed by atoms with Crippen molar-refractivity contribution in [3.05, 3.63) is 87.0 Å². The predicted molar refractivity (Wildman–Crippen MR) is 139 cm³/mol. The van der Waals surface area contributed by atoms with Crippen LogP contribution in [0.4, 0.5) is 0 Å². The highest BCUT2D eigenvalue weighted by Gasteiger charge is 2.38. The average Bonchev–Trinajstić information content (AvgIpc) is 3.35. The Morgan fingerprint density at radius 1 is 0.921 bits per heavy atom. The van der Waals surface area contributed by atoms with E-state index in [1.165, 1.54) is 7.11 Å². The van der Waals surface area contributed by atoms with E-state index in [2.05, 4.69) is 0 Å². The number of carbonyl (C=O) groups excluding carboxylic acids is 2. The predicted octanol–water partition coefficient (Wildman–Crippen LogP) is 3.95. The number of benzene rings is 3. The topological polar surface area (TPSA) is 98.0 Å². The number of Topliss-reactive ketones (excluding diaryl/α,β-unsaturated/α-hetero) is 1. The summed E-state index contributed by atoms with van der Waals surface area (Å²) in [6.07, 6.45) is 1.68. The molecule has 2 aliphatic heterocycles. The molecule has 4 aromatic rings. The van der Waals surface area contributed by atoms with Crippen molar-refractivity contribution in [3.63, 3.8) is 0 Å². The smallest absolute Gasteiger partial charge is 0.328 e. The highest BCUT2D eigenvalue weighted by molar-refractivity contribution is 6.15. The van der Waals surface area contributed by atoms with Gasteiger partial charge in [-0.3, -0.25) is 18.7 Å². The van der Waals surface area contributed by atoms with Crippen LogP contribution in [-0.4, -0.2) is 35.1 Å². The van der Waals surface area contributed by atoms with Crippen molar-refractivity contribution in [2.75, 3.05) is 14.2 Å². The Labute approximate surface area is 217 Å². The molecule has 6 rings (SSSR count). The van der Waals surface area contributed by atoms with Gasteiger partial charge in [-0.2, -0.15) is 0 Å². The Morgan fingerprint density at radius 3 is 2.47 bits per heavy atom. The molecule has 3 aromatic carbocycles. The van der Waals surface area contributed by atoms with Crippen molar-refractivity contribution in [1.29, 1.82) is 0 Å². The number of ketones is 1. The van der Waals surface area contributed by atoms with Gasteiger partial charge in [0.05, 0.1) is 37.2 Å². The van der Waals surface area contributed by atoms with Crippen LogP contribution in [0.1, 0.15) is 39.4 Å². The molecule has 3 heterocycles. The molecular formula is C29H24N2O7. The fourth-order valence-electron chi connectivity index (χ4n) is 5.30. The summed E-state index contributed by atoms with van der Waals surface area (Å²) in [6.45, 7) is 0. The lowest BCUT2D eigenvalue weighted by Gasteiger charge is -2.26. The largest absolute Gasteiger partial charge is 0.493 e. The molecule has 1 atom stereocenters. The summed E-state index contributed by atoms with van der Waals surface area (Å²) in [5.74, 6) is 0.733. The molecule has 9 nitrogen and oxygen atoms in total. The second kappa shape index (κ2) is 8.65. The van der Waals surface area contributed by atoms with Crippen LogP contribution in [0.2, 0.25) is 0 Å². The molecule has 192 valence electrons. The van der Waals surface area contributed by atoms with Crippen molar-refractivity contribution in [2.45, 2.75) is 12.3 Å². The van der Waals surface area contributed by atoms with Gasteiger partial charge < -0.3 is 18.9 Å². The fraction of sp³-hybridized carbons (Fsp3) is 0.207. The lowest BCUT2D eigenvalue weighted by molar-refractivity contribution is -0.135. The molecule has 1 unspecified atom stereocenters. The van der Waals surface area contributed by atoms with Gasteiger partial charge in [0.2, 0.25) is 5.78 Å². The van der Waals surface area contributed by atoms with Gasteiger partial charge >= 0.3 is 11.7 Å². The normalized spacial score (nSPS) is 17.3. The van der Waals surface area contributed by atoms with Crippen LogP contribution in [0.25, 0.3) is 17.1 Å². The van der Waals surface area contributed by atoms with E-state index in [4.69, 9.17) is 18.9 Å². The number of imidazole rings is 1. The fourth-order valence-corrected chi connectivity index (χ4v) is 5.30. The summed E-state index contributed by atoms with van der Waals surface area (Å²) in [5, 5.41) is 0. The van der Waals surface area contributed by atoms with Crippen molar-refractivity contribution < 1.29 is 28.5 Å². The molecule has 0 saturated heterocycles. The molecule has 0 radical (unpaired) electrons. The Hall–Kier alpha value is -4.79. The number of esters is 1. The van der Waals surface area contributed by atoms with Gasteiger partial charge in [-0.15, -0.1) is 0 Å². The van der Waals surface area contributed by atoms with E-state index in [9.17, 15) is 14.4 Å². The van der Waals surface area contributed by atoms with Crippen LogP contribution < -0.4 is 24.6 Å². The van der Waals surface area contributed by atoms with Crippen LogP contribution in [-0.2, 0) is 18.9 Å². The first kappa shape index (κ1) is 23.6. The highest BCUT2D eigenvalue weighted by atomic mass is 16.5. The van der Waals surface area contributed by atoms with Gasteiger partial charge in [0.25, 0.3) is 0 Å². The number of fused-ring (bicyclic) bond motifs is 4. The number of methoxy groups -OCH3 is 2. The van der Waals surface area contributed by atoms with E-state index < -0.39 is 5.92 Å². The third kappa shape index (κ3) is 3.42. The van der Waals surface area contributed by atoms with E-state index in [0.717, 1.165) is 16.6 Å². The van der Waals surface area contributed by atoms with Crippen LogP contribution in [0.15, 0.2) is 59.1 Å². The van der Waals surface area contributed by atoms with Crippen molar-refractivity contribution in [1.82, 2.24) is 9.13 Å². The van der Waals surface area contributed by atoms with Crippen molar-refractivity contribution in [3.8, 4) is 23.0 Å². The van der Waals surface area contributed by atoms with Gasteiger partial charge in [0, 0.05) is 31.1 Å². The first-order chi connectivity index (χ1) is 18.3. The van der Waals surface area contributed by atoms with Crippen molar-refractivity contribution in [2.24, 2.45) is 14.1 Å². The summed E-state index contributed by atoms with van der Waals surface area (Å²) >= 11 is 0. The summed E-state index contributed by atoms with van der Waals surface area (Å²) in [7, 11) is 6.50. The number of nitrogens with zero attached hydrogens (tertiary/aromatic N) is 2. The number of para-hydroxylation sites is 1. The maximum Gasteiger partial charge on any atom is 0.328 e. The zero-order valence-electron chi connectivity index (χ0n) is 21.2. The molecule has 9 heteroatoms. The van der Waals surface area contributed by atoms with E-state index in [1.807, 2.05) is 18.2 Å². The second-order valence-corrected chi connectivity index (χ2v) is 9.26. The van der Waals surface area contributed by atoms with Crippen molar-refractivity contribution >= 4 is 28.9 Å². The summed E-state index contributed by atoms with van der Waals surface area (Å²) in [4.78, 5) is 38.4. The Kier molecular flexibility index (Phi) is 5.37. The summed E-state index contributed by atoms with van der Waals surface area (Å²) < 4.78 is 25.8. The molecule has 0 N–H and O–H groups in total. The van der Waals surface area contributed by atoms with Crippen LogP contribution in [0.5, 0.6) is 23.0 Å². The zero-order valence-corrected chi connectivity index (χ0v) is 21.2. The highest BCUT2D eigenvalue weighted by Crippen LogP contribution is 2.49. The Bertz CT molecular complexity index is 1760. The Balaban J connectivity index is 1.48. The number of hydrogen-bond donors (Lipinski definition) is 0. The van der Waals surface area contributed by atoms with E-state index in [1.54, 1.807) is 66.7 Å². The van der Waals surface area contributed by atoms with Crippen LogP contribution in [0.3, 0.4) is 0 Å². The number of ether oxygens (including phenoxy) is 4. The number of carbonyl (C=O) groups is 2. The lowest BCUT2D eigenvalue weighted by Crippen LogP contribution is -2.21. The molecule has 0 bridgehead atoms. The minimum Gasteiger partial charge on any atom is -0.493 e. The first-order valence-electron chi connectivity index (χ1n) is 12.0.